The molecular weight excluding hydrogens is 352 g/mol. The van der Waals surface area contributed by atoms with Crippen molar-refractivity contribution in [2.24, 2.45) is 0 Å². The zero-order valence-corrected chi connectivity index (χ0v) is 16.0. The first-order valence-electron chi connectivity index (χ1n) is 8.43. The Bertz CT molecular complexity index is 695. The van der Waals surface area contributed by atoms with Gasteiger partial charge in [0.25, 0.3) is 0 Å². The summed E-state index contributed by atoms with van der Waals surface area (Å²) in [4.78, 5) is 12.7. The van der Waals surface area contributed by atoms with Crippen molar-refractivity contribution >= 4 is 35.4 Å². The molecule has 0 aliphatic heterocycles. The van der Waals surface area contributed by atoms with Crippen LogP contribution in [0.3, 0.4) is 0 Å². The predicted molar refractivity (Wildman–Crippen MR) is 107 cm³/mol. The fourth-order valence-electron chi connectivity index (χ4n) is 2.39. The minimum Gasteiger partial charge on any atom is -0.465 e. The monoisotopic (exact) mass is 374 g/mol. The number of methoxy groups -OCH3 is 1. The minimum atomic E-state index is -0.268. The van der Waals surface area contributed by atoms with Gasteiger partial charge in [-0.25, -0.2) is 4.79 Å². The van der Waals surface area contributed by atoms with Crippen molar-refractivity contribution in [2.45, 2.75) is 30.6 Å². The lowest BCUT2D eigenvalue weighted by atomic mass is 10.1. The molecule has 25 heavy (non-hydrogen) atoms. The second-order valence-corrected chi connectivity index (χ2v) is 7.21. The van der Waals surface area contributed by atoms with Gasteiger partial charge in [-0.2, -0.15) is 0 Å². The molecule has 2 aromatic carbocycles. The molecule has 0 heterocycles. The fourth-order valence-corrected chi connectivity index (χ4v) is 3.56. The highest BCUT2D eigenvalue weighted by atomic mass is 35.5. The van der Waals surface area contributed by atoms with E-state index in [1.54, 1.807) is 11.8 Å². The Morgan fingerprint density at radius 2 is 1.84 bits per heavy atom. The highest BCUT2D eigenvalue weighted by Crippen LogP contribution is 2.24. The van der Waals surface area contributed by atoms with Gasteiger partial charge in [-0.3, -0.25) is 0 Å². The Morgan fingerprint density at radius 3 is 2.60 bits per heavy atom. The van der Waals surface area contributed by atoms with E-state index in [4.69, 9.17) is 16.3 Å². The summed E-state index contributed by atoms with van der Waals surface area (Å²) in [6.45, 7) is 0. The molecule has 2 aromatic rings. The molecule has 0 aliphatic rings. The number of benzene rings is 2. The average molecular weight is 375 g/mol. The van der Waals surface area contributed by atoms with Crippen LogP contribution in [-0.2, 0) is 4.74 Å². The van der Waals surface area contributed by atoms with E-state index >= 15 is 0 Å². The number of hydrogen-bond donors (Lipinski definition) is 0. The lowest BCUT2D eigenvalue weighted by molar-refractivity contribution is 0.0597. The van der Waals surface area contributed by atoms with Crippen LogP contribution >= 0.6 is 23.4 Å². The lowest BCUT2D eigenvalue weighted by Gasteiger charge is -2.07. The summed E-state index contributed by atoms with van der Waals surface area (Å²) in [5, 5.41) is 0.767. The van der Waals surface area contributed by atoms with Crippen LogP contribution in [0.2, 0.25) is 5.02 Å². The van der Waals surface area contributed by atoms with Gasteiger partial charge in [0.1, 0.15) is 0 Å². The molecule has 0 saturated heterocycles. The van der Waals surface area contributed by atoms with Crippen molar-refractivity contribution in [3.05, 3.63) is 70.8 Å². The molecule has 0 aliphatic carbocycles. The number of esters is 1. The minimum absolute atomic E-state index is 0.268. The summed E-state index contributed by atoms with van der Waals surface area (Å²) in [6.07, 6.45) is 8.91. The summed E-state index contributed by atoms with van der Waals surface area (Å²) < 4.78 is 4.82. The molecule has 0 saturated carbocycles. The molecule has 0 radical (unpaired) electrons. The molecule has 4 heteroatoms. The van der Waals surface area contributed by atoms with Crippen LogP contribution in [0.25, 0.3) is 6.08 Å². The van der Waals surface area contributed by atoms with Gasteiger partial charge in [-0.05, 0) is 54.8 Å². The highest BCUT2D eigenvalue weighted by Gasteiger charge is 2.10. The molecule has 0 amide bonds. The SMILES string of the molecule is COC(=O)c1ccccc1SCCCCCC=Cc1ccc(Cl)cc1. The van der Waals surface area contributed by atoms with Gasteiger partial charge in [-0.1, -0.05) is 54.4 Å². The van der Waals surface area contributed by atoms with Crippen molar-refractivity contribution in [3.63, 3.8) is 0 Å². The standard InChI is InChI=1S/C21H23ClO2S/c1-24-21(23)19-10-6-7-11-20(19)25-16-8-4-2-3-5-9-17-12-14-18(22)15-13-17/h5-7,9-15H,2-4,8,16H2,1H3. The summed E-state index contributed by atoms with van der Waals surface area (Å²) in [5.74, 6) is 0.741. The van der Waals surface area contributed by atoms with Gasteiger partial charge in [0, 0.05) is 9.92 Å². The van der Waals surface area contributed by atoms with Crippen LogP contribution in [0.1, 0.15) is 41.6 Å². The second-order valence-electron chi connectivity index (χ2n) is 5.64. The molecule has 0 N–H and O–H groups in total. The fraction of sp³-hybridized carbons (Fsp3) is 0.286. The molecule has 0 spiro atoms. The Kier molecular flexibility index (Phi) is 8.64. The zero-order chi connectivity index (χ0) is 17.9. The number of carbonyl (C=O) groups excluding carboxylic acids is 1. The van der Waals surface area contributed by atoms with E-state index in [9.17, 15) is 4.79 Å². The number of ether oxygens (including phenoxy) is 1. The number of halogens is 1. The Hall–Kier alpha value is -1.71. The van der Waals surface area contributed by atoms with Crippen LogP contribution < -0.4 is 0 Å². The van der Waals surface area contributed by atoms with E-state index in [2.05, 4.69) is 12.2 Å². The quantitative estimate of drug-likeness (QED) is 0.285. The molecule has 2 nitrogen and oxygen atoms in total. The first-order valence-corrected chi connectivity index (χ1v) is 9.79. The average Bonchev–Trinajstić information content (AvgIpc) is 2.65. The van der Waals surface area contributed by atoms with Gasteiger partial charge < -0.3 is 4.74 Å². The highest BCUT2D eigenvalue weighted by molar-refractivity contribution is 7.99. The van der Waals surface area contributed by atoms with Gasteiger partial charge in [0.15, 0.2) is 0 Å². The third kappa shape index (κ3) is 6.97. The van der Waals surface area contributed by atoms with Crippen molar-refractivity contribution in [3.8, 4) is 0 Å². The summed E-state index contributed by atoms with van der Waals surface area (Å²) in [7, 11) is 1.42. The summed E-state index contributed by atoms with van der Waals surface area (Å²) >= 11 is 7.59. The first-order chi connectivity index (χ1) is 12.2. The van der Waals surface area contributed by atoms with Crippen LogP contribution in [0.4, 0.5) is 0 Å². The Morgan fingerprint density at radius 1 is 1.08 bits per heavy atom. The second kappa shape index (κ2) is 11.0. The third-order valence-electron chi connectivity index (χ3n) is 3.75. The Balaban J connectivity index is 1.64. The van der Waals surface area contributed by atoms with Crippen molar-refractivity contribution < 1.29 is 9.53 Å². The third-order valence-corrected chi connectivity index (χ3v) is 5.16. The van der Waals surface area contributed by atoms with E-state index < -0.39 is 0 Å². The zero-order valence-electron chi connectivity index (χ0n) is 14.4. The van der Waals surface area contributed by atoms with E-state index in [1.807, 2.05) is 48.5 Å². The lowest BCUT2D eigenvalue weighted by Crippen LogP contribution is -2.02. The maximum absolute atomic E-state index is 11.7. The largest absolute Gasteiger partial charge is 0.465 e. The van der Waals surface area contributed by atoms with E-state index in [0.29, 0.717) is 5.56 Å². The number of carbonyl (C=O) groups is 1. The molecule has 0 bridgehead atoms. The van der Waals surface area contributed by atoms with Crippen LogP contribution in [0.5, 0.6) is 0 Å². The van der Waals surface area contributed by atoms with Gasteiger partial charge in [0.05, 0.1) is 12.7 Å². The molecule has 2 rings (SSSR count). The van der Waals surface area contributed by atoms with Crippen LogP contribution in [-0.4, -0.2) is 18.8 Å². The van der Waals surface area contributed by atoms with E-state index in [0.717, 1.165) is 28.5 Å². The number of unbranched alkanes of at least 4 members (excludes halogenated alkanes) is 3. The van der Waals surface area contributed by atoms with Crippen LogP contribution in [0, 0.1) is 0 Å². The van der Waals surface area contributed by atoms with Gasteiger partial charge in [0.2, 0.25) is 0 Å². The number of allylic oxidation sites excluding steroid dienone is 1. The number of rotatable bonds is 9. The topological polar surface area (TPSA) is 26.3 Å². The maximum Gasteiger partial charge on any atom is 0.338 e. The summed E-state index contributed by atoms with van der Waals surface area (Å²) in [5.41, 5.74) is 1.83. The maximum atomic E-state index is 11.7. The van der Waals surface area contributed by atoms with Crippen molar-refractivity contribution in [2.75, 3.05) is 12.9 Å². The Labute approximate surface area is 159 Å². The molecule has 0 fully saturated rings. The van der Waals surface area contributed by atoms with E-state index in [1.165, 1.54) is 25.5 Å². The van der Waals surface area contributed by atoms with Crippen molar-refractivity contribution in [1.82, 2.24) is 0 Å². The normalized spacial score (nSPS) is 11.0. The van der Waals surface area contributed by atoms with Gasteiger partial charge >= 0.3 is 5.97 Å². The molecular formula is C21H23ClO2S. The van der Waals surface area contributed by atoms with Crippen molar-refractivity contribution in [1.29, 1.82) is 0 Å². The summed E-state index contributed by atoms with van der Waals surface area (Å²) in [6, 6.07) is 15.5. The van der Waals surface area contributed by atoms with E-state index in [-0.39, 0.29) is 5.97 Å². The molecule has 0 aromatic heterocycles. The predicted octanol–water partition coefficient (Wildman–Crippen LogP) is 6.49. The first kappa shape index (κ1) is 19.6. The smallest absolute Gasteiger partial charge is 0.338 e. The molecule has 132 valence electrons. The number of thioether (sulfide) groups is 1. The molecule has 0 unspecified atom stereocenters. The number of hydrogen-bond acceptors (Lipinski definition) is 3. The molecule has 0 atom stereocenters. The van der Waals surface area contributed by atoms with Gasteiger partial charge in [-0.15, -0.1) is 11.8 Å². The van der Waals surface area contributed by atoms with Crippen LogP contribution in [0.15, 0.2) is 59.5 Å².